The zero-order chi connectivity index (χ0) is 46.6. The average molecular weight is 885 g/mol. The summed E-state index contributed by atoms with van der Waals surface area (Å²) in [6.45, 7) is 13.5. The summed E-state index contributed by atoms with van der Waals surface area (Å²) in [5, 5.41) is 33.8. The molecule has 0 aromatic carbocycles. The highest BCUT2D eigenvalue weighted by Gasteiger charge is 2.53. The third kappa shape index (κ3) is 14.2. The van der Waals surface area contributed by atoms with E-state index in [2.05, 4.69) is 6.92 Å². The van der Waals surface area contributed by atoms with Crippen LogP contribution in [0.3, 0.4) is 0 Å². The van der Waals surface area contributed by atoms with Crippen LogP contribution in [-0.2, 0) is 38.1 Å². The van der Waals surface area contributed by atoms with Crippen LogP contribution in [0.15, 0.2) is 47.6 Å². The molecule has 0 aromatic rings. The van der Waals surface area contributed by atoms with Gasteiger partial charge in [-0.05, 0) is 127 Å². The summed E-state index contributed by atoms with van der Waals surface area (Å²) in [6.07, 6.45) is 14.8. The number of cyclic esters (lactones) is 1. The third-order valence-corrected chi connectivity index (χ3v) is 14.3. The van der Waals surface area contributed by atoms with E-state index in [9.17, 15) is 34.5 Å². The Morgan fingerprint density at radius 3 is 2.29 bits per heavy atom. The molecule has 3 fully saturated rings. The summed E-state index contributed by atoms with van der Waals surface area (Å²) in [7, 11) is 3.05. The molecule has 1 amide bonds. The zero-order valence-corrected chi connectivity index (χ0v) is 39.6. The minimum Gasteiger partial charge on any atom is -0.461 e. The van der Waals surface area contributed by atoms with Gasteiger partial charge in [-0.15, -0.1) is 0 Å². The smallest absolute Gasteiger partial charge is 0.329 e. The molecule has 0 spiro atoms. The van der Waals surface area contributed by atoms with Crippen LogP contribution in [-0.4, -0.2) is 119 Å². The van der Waals surface area contributed by atoms with Crippen molar-refractivity contribution >= 4 is 23.4 Å². The molecule has 4 aliphatic rings. The lowest BCUT2D eigenvalue weighted by Gasteiger charge is -2.42. The number of allylic oxidation sites excluding steroid dienone is 6. The van der Waals surface area contributed by atoms with Crippen molar-refractivity contribution in [2.24, 2.45) is 41.2 Å². The number of fused-ring (bicyclic) bond motifs is 3. The van der Waals surface area contributed by atoms with E-state index >= 15 is 0 Å². The topological polar surface area (TPSA) is 195 Å². The largest absolute Gasteiger partial charge is 0.461 e. The van der Waals surface area contributed by atoms with Crippen LogP contribution in [0, 0.1) is 35.5 Å². The van der Waals surface area contributed by atoms with Gasteiger partial charge in [0.15, 0.2) is 5.78 Å². The second kappa shape index (κ2) is 24.5. The Morgan fingerprint density at radius 2 is 1.59 bits per heavy atom. The average Bonchev–Trinajstić information content (AvgIpc) is 3.25. The summed E-state index contributed by atoms with van der Waals surface area (Å²) in [5.41, 5.74) is 8.07. The summed E-state index contributed by atoms with van der Waals surface area (Å²) < 4.78 is 23.7. The van der Waals surface area contributed by atoms with Crippen molar-refractivity contribution in [1.29, 1.82) is 0 Å². The van der Waals surface area contributed by atoms with Crippen molar-refractivity contribution in [3.05, 3.63) is 47.6 Å². The molecular weight excluding hydrogens is 805 g/mol. The van der Waals surface area contributed by atoms with E-state index in [1.165, 1.54) is 12.0 Å². The Labute approximate surface area is 376 Å². The van der Waals surface area contributed by atoms with Crippen molar-refractivity contribution in [2.75, 3.05) is 20.8 Å². The number of nitrogens with two attached hydrogens (primary N) is 1. The number of ether oxygens (including phenoxy) is 4. The fourth-order valence-corrected chi connectivity index (χ4v) is 10.1. The van der Waals surface area contributed by atoms with Crippen LogP contribution >= 0.6 is 0 Å². The summed E-state index contributed by atoms with van der Waals surface area (Å²) in [6, 6.07) is -1.46. The van der Waals surface area contributed by atoms with E-state index in [-0.39, 0.29) is 48.0 Å². The number of aliphatic hydroxyl groups excluding tert-OH is 2. The molecule has 13 heteroatoms. The molecule has 0 aromatic heterocycles. The van der Waals surface area contributed by atoms with Crippen molar-refractivity contribution in [1.82, 2.24) is 4.90 Å². The van der Waals surface area contributed by atoms with Gasteiger partial charge < -0.3 is 44.9 Å². The lowest BCUT2D eigenvalue weighted by atomic mass is 9.78. The van der Waals surface area contributed by atoms with Gasteiger partial charge in [0.2, 0.25) is 5.79 Å². The Morgan fingerprint density at radius 1 is 0.857 bits per heavy atom. The number of amides is 1. The molecular formula is C50H80N2O11. The van der Waals surface area contributed by atoms with Crippen LogP contribution in [0.4, 0.5) is 0 Å². The Kier molecular flexibility index (Phi) is 20.4. The number of methoxy groups -OCH3 is 2. The van der Waals surface area contributed by atoms with E-state index in [1.54, 1.807) is 21.0 Å². The van der Waals surface area contributed by atoms with Gasteiger partial charge in [-0.2, -0.15) is 0 Å². The van der Waals surface area contributed by atoms with Crippen molar-refractivity contribution < 1.29 is 53.4 Å². The number of hydrogen-bond acceptors (Lipinski definition) is 12. The molecule has 3 aliphatic heterocycles. The van der Waals surface area contributed by atoms with Gasteiger partial charge in [0.25, 0.3) is 11.7 Å². The van der Waals surface area contributed by atoms with Crippen molar-refractivity contribution in [3.8, 4) is 0 Å². The summed E-state index contributed by atoms with van der Waals surface area (Å²) in [5.74, 6) is -6.09. The van der Waals surface area contributed by atoms with Crippen LogP contribution in [0.2, 0.25) is 0 Å². The molecule has 63 heavy (non-hydrogen) atoms. The maximum absolute atomic E-state index is 14.3. The first-order valence-corrected chi connectivity index (χ1v) is 23.7. The highest BCUT2D eigenvalue weighted by atomic mass is 16.6. The first kappa shape index (κ1) is 52.6. The number of nitrogens with zero attached hydrogens (tertiary/aromatic N) is 1. The summed E-state index contributed by atoms with van der Waals surface area (Å²) in [4.78, 5) is 57.6. The second-order valence-corrected chi connectivity index (χ2v) is 19.6. The molecule has 356 valence electrons. The predicted octanol–water partition coefficient (Wildman–Crippen LogP) is 6.31. The second-order valence-electron chi connectivity index (χ2n) is 19.6. The zero-order valence-electron chi connectivity index (χ0n) is 39.6. The maximum Gasteiger partial charge on any atom is 0.329 e. The molecule has 1 aliphatic carbocycles. The summed E-state index contributed by atoms with van der Waals surface area (Å²) >= 11 is 0. The third-order valence-electron chi connectivity index (χ3n) is 14.3. The number of carbonyl (C=O) groups excluding carboxylic acids is 4. The molecule has 2 saturated heterocycles. The fraction of sp³-hybridized carbons (Fsp3) is 0.760. The van der Waals surface area contributed by atoms with E-state index in [0.717, 1.165) is 18.4 Å². The number of carbonyl (C=O) groups is 4. The number of ketones is 2. The van der Waals surface area contributed by atoms with E-state index in [1.807, 2.05) is 64.2 Å². The number of piperidine rings is 1. The minimum absolute atomic E-state index is 0.0683. The number of rotatable bonds is 5. The Balaban J connectivity index is 1.66. The molecule has 3 heterocycles. The molecule has 4 rings (SSSR count). The molecule has 2 bridgehead atoms. The molecule has 0 radical (unpaired) electrons. The van der Waals surface area contributed by atoms with Crippen molar-refractivity contribution in [3.63, 3.8) is 0 Å². The predicted molar refractivity (Wildman–Crippen MR) is 242 cm³/mol. The SMILES string of the molecule is CO[C@@H]1C[C@H](C[C@@H](C)[C@@H]2CC[C@H](C)/C=C(\C)[C@@H](O)[C@@H](OC)C(=O)[C@H](C)C[C@H](C)/C=C/C=C/C=C(\C)[C@@H](N)C[C@@H]3CC[C@@H](C)[C@@](O)(O3)C(=O)C(=O)N3CCCC[C@H]3C(=O)O2)CC[C@H]1O. The van der Waals surface area contributed by atoms with Gasteiger partial charge >= 0.3 is 5.97 Å². The highest BCUT2D eigenvalue weighted by Crippen LogP contribution is 2.37. The molecule has 13 nitrogen and oxygen atoms in total. The fourth-order valence-electron chi connectivity index (χ4n) is 10.1. The molecule has 15 atom stereocenters. The van der Waals surface area contributed by atoms with Crippen LogP contribution in [0.5, 0.6) is 0 Å². The van der Waals surface area contributed by atoms with Gasteiger partial charge in [0.05, 0.1) is 18.3 Å². The van der Waals surface area contributed by atoms with Crippen LogP contribution in [0.25, 0.3) is 0 Å². The van der Waals surface area contributed by atoms with Crippen LogP contribution in [0.1, 0.15) is 132 Å². The Hall–Kier alpha value is -3.04. The normalized spacial score (nSPS) is 41.3. The Bertz CT molecular complexity index is 1660. The van der Waals surface area contributed by atoms with E-state index < -0.39 is 72.0 Å². The minimum atomic E-state index is -2.38. The molecule has 5 N–H and O–H groups in total. The highest BCUT2D eigenvalue weighted by molar-refractivity contribution is 6.39. The lowest BCUT2D eigenvalue weighted by molar-refractivity contribution is -0.263. The lowest BCUT2D eigenvalue weighted by Crippen LogP contribution is -2.61. The maximum atomic E-state index is 14.3. The molecule has 0 unspecified atom stereocenters. The van der Waals surface area contributed by atoms with E-state index in [0.29, 0.717) is 76.2 Å². The van der Waals surface area contributed by atoms with Gasteiger partial charge in [0, 0.05) is 38.6 Å². The number of esters is 1. The van der Waals surface area contributed by atoms with Gasteiger partial charge in [-0.1, -0.05) is 76.6 Å². The van der Waals surface area contributed by atoms with Gasteiger partial charge in [-0.25, -0.2) is 4.79 Å². The van der Waals surface area contributed by atoms with Gasteiger partial charge in [0.1, 0.15) is 24.4 Å². The van der Waals surface area contributed by atoms with Crippen LogP contribution < -0.4 is 5.73 Å². The molecule has 1 saturated carbocycles. The number of Topliss-reactive ketones (excluding diaryl/α,β-unsaturated/α-hetero) is 2. The van der Waals surface area contributed by atoms with E-state index in [4.69, 9.17) is 24.7 Å². The number of aliphatic hydroxyl groups is 3. The van der Waals surface area contributed by atoms with Gasteiger partial charge in [-0.3, -0.25) is 14.4 Å². The standard InChI is InChI=1S/C50H80N2O11/c1-30-15-11-10-12-16-32(3)39(51)29-38-21-19-36(7)50(59,63-38)47(56)48(57)52-24-14-13-17-40(52)49(58)62-42(33(4)27-37-20-22-41(53)43(28-37)60-8)23-18-31(2)26-35(6)45(55)46(61-9)44(54)34(5)25-30/h10-12,15-16,26,30-31,33-34,36-43,45-46,53,55,59H,13-14,17-25,27-29,51H2,1-9H3/b12-10+,15-11+,32-16+,35-26+/t30-,31+,33-,34-,36-,37+,38+,39+,40+,41-,42+,43-,45-,46+,50-/m1/s1. The first-order valence-electron chi connectivity index (χ1n) is 23.7. The monoisotopic (exact) mass is 885 g/mol. The number of hydrogen-bond donors (Lipinski definition) is 4. The quantitative estimate of drug-likeness (QED) is 0.137. The van der Waals surface area contributed by atoms with Crippen molar-refractivity contribution in [2.45, 2.75) is 186 Å². The first-order chi connectivity index (χ1) is 29.8.